The summed E-state index contributed by atoms with van der Waals surface area (Å²) in [5.41, 5.74) is 1.70. The molecule has 0 saturated heterocycles. The van der Waals surface area contributed by atoms with Crippen LogP contribution in [0.15, 0.2) is 130 Å². The van der Waals surface area contributed by atoms with Gasteiger partial charge in [-0.25, -0.2) is 0 Å². The van der Waals surface area contributed by atoms with E-state index in [1.54, 1.807) is 7.11 Å². The summed E-state index contributed by atoms with van der Waals surface area (Å²) in [6, 6.07) is 42.3. The summed E-state index contributed by atoms with van der Waals surface area (Å²) in [4.78, 5) is 0. The average Bonchev–Trinajstić information content (AvgIpc) is 3.20. The molecule has 0 aliphatic rings. The van der Waals surface area contributed by atoms with Crippen molar-refractivity contribution in [3.63, 3.8) is 0 Å². The van der Waals surface area contributed by atoms with Gasteiger partial charge in [-0.05, 0) is 44.5 Å². The molecule has 8 rings (SSSR count). The molecule has 0 spiro atoms. The predicted molar refractivity (Wildman–Crippen MR) is 164 cm³/mol. The molecule has 0 aliphatic heterocycles. The number of methoxy groups -OCH3 is 1. The minimum absolute atomic E-state index is 0.754. The van der Waals surface area contributed by atoms with Gasteiger partial charge in [0.15, 0.2) is 11.2 Å². The molecule has 0 N–H and O–H groups in total. The fourth-order valence-electron chi connectivity index (χ4n) is 5.97. The Balaban J connectivity index is 1.79. The molecule has 1 aromatic heterocycles. The molecule has 8 aromatic rings. The topological polar surface area (TPSA) is 35.5 Å². The normalized spacial score (nSPS) is 11.7. The molecule has 0 atom stereocenters. The lowest BCUT2D eigenvalue weighted by Gasteiger charge is -2.11. The van der Waals surface area contributed by atoms with Crippen LogP contribution in [0.1, 0.15) is 0 Å². The third kappa shape index (κ3) is 3.24. The minimum atomic E-state index is -1.58. The molecule has 1 heterocycles. The van der Waals surface area contributed by atoms with Gasteiger partial charge in [0.25, 0.3) is 8.01 Å². The number of fused-ring (bicyclic) bond motifs is 13. The van der Waals surface area contributed by atoms with Gasteiger partial charge in [-0.1, -0.05) is 109 Å². The Hall–Kier alpha value is -4.72. The van der Waals surface area contributed by atoms with Crippen molar-refractivity contribution in [2.75, 3.05) is 7.11 Å². The first kappa shape index (κ1) is 22.3. The van der Waals surface area contributed by atoms with Crippen molar-refractivity contribution in [2.45, 2.75) is 0 Å². The summed E-state index contributed by atoms with van der Waals surface area (Å²) in [5.74, 6) is 0.754. The highest BCUT2D eigenvalue weighted by Crippen LogP contribution is 2.51. The Bertz CT molecular complexity index is 2140. The molecule has 0 unspecified atom stereocenters. The maximum atomic E-state index is 7.05. The molecule has 0 saturated carbocycles. The molecule has 3 nitrogen and oxygen atoms in total. The number of hydrogen-bond acceptors (Lipinski definition) is 3. The molecule has 0 bridgehead atoms. The summed E-state index contributed by atoms with van der Waals surface area (Å²) < 4.78 is 19.9. The van der Waals surface area contributed by atoms with E-state index in [0.29, 0.717) is 0 Å². The molecular formula is C35H23O3P. The Kier molecular flexibility index (Phi) is 4.95. The Morgan fingerprint density at radius 2 is 0.795 bits per heavy atom. The van der Waals surface area contributed by atoms with Crippen LogP contribution in [0, 0.1) is 0 Å². The van der Waals surface area contributed by atoms with E-state index in [4.69, 9.17) is 13.1 Å². The SMILES string of the molecule is COc1ccccc1-p1oc2c3ccccc3c3ccccc3c2c2c3ccccc3c3ccccc3c2o1. The van der Waals surface area contributed by atoms with Crippen LogP contribution in [-0.2, 0) is 0 Å². The third-order valence-corrected chi connectivity index (χ3v) is 9.11. The summed E-state index contributed by atoms with van der Waals surface area (Å²) in [7, 11) is 0.119. The first-order chi connectivity index (χ1) is 19.3. The lowest BCUT2D eigenvalue weighted by atomic mass is 9.92. The minimum Gasteiger partial charge on any atom is -0.496 e. The monoisotopic (exact) mass is 522 g/mol. The zero-order chi connectivity index (χ0) is 25.9. The van der Waals surface area contributed by atoms with E-state index in [0.717, 1.165) is 65.3 Å². The zero-order valence-corrected chi connectivity index (χ0v) is 22.1. The van der Waals surface area contributed by atoms with Crippen LogP contribution >= 0.6 is 8.01 Å². The summed E-state index contributed by atoms with van der Waals surface area (Å²) in [6.07, 6.45) is 0. The lowest BCUT2D eigenvalue weighted by molar-refractivity contribution is 0.417. The van der Waals surface area contributed by atoms with Gasteiger partial charge in [-0.3, -0.25) is 0 Å². The molecule has 39 heavy (non-hydrogen) atoms. The third-order valence-electron chi connectivity index (χ3n) is 7.65. The van der Waals surface area contributed by atoms with E-state index >= 15 is 0 Å². The number of ether oxygens (including phenoxy) is 1. The van der Waals surface area contributed by atoms with E-state index in [1.807, 2.05) is 24.3 Å². The Morgan fingerprint density at radius 1 is 0.436 bits per heavy atom. The Morgan fingerprint density at radius 3 is 1.26 bits per heavy atom. The second kappa shape index (κ2) is 8.66. The largest absolute Gasteiger partial charge is 0.496 e. The molecular weight excluding hydrogens is 499 g/mol. The van der Waals surface area contributed by atoms with Gasteiger partial charge < -0.3 is 13.1 Å². The van der Waals surface area contributed by atoms with Gasteiger partial charge >= 0.3 is 0 Å². The zero-order valence-electron chi connectivity index (χ0n) is 21.2. The van der Waals surface area contributed by atoms with Crippen molar-refractivity contribution in [2.24, 2.45) is 0 Å². The van der Waals surface area contributed by atoms with Crippen molar-refractivity contribution in [1.29, 1.82) is 0 Å². The highest BCUT2D eigenvalue weighted by Gasteiger charge is 2.20. The average molecular weight is 523 g/mol. The molecule has 4 heteroatoms. The maximum absolute atomic E-state index is 7.05. The number of benzene rings is 7. The van der Waals surface area contributed by atoms with E-state index < -0.39 is 8.01 Å². The van der Waals surface area contributed by atoms with Crippen molar-refractivity contribution >= 4 is 73.0 Å². The van der Waals surface area contributed by atoms with Crippen molar-refractivity contribution in [3.8, 4) is 11.1 Å². The highest BCUT2D eigenvalue weighted by molar-refractivity contribution is 7.45. The summed E-state index contributed by atoms with van der Waals surface area (Å²) >= 11 is 0. The second-order valence-electron chi connectivity index (χ2n) is 9.70. The number of hydrogen-bond donors (Lipinski definition) is 0. The fourth-order valence-corrected chi connectivity index (χ4v) is 7.47. The van der Waals surface area contributed by atoms with Crippen molar-refractivity contribution in [1.82, 2.24) is 0 Å². The van der Waals surface area contributed by atoms with Crippen LogP contribution in [0.2, 0.25) is 0 Å². The van der Waals surface area contributed by atoms with Gasteiger partial charge in [0.2, 0.25) is 0 Å². The van der Waals surface area contributed by atoms with Gasteiger partial charge in [-0.2, -0.15) is 0 Å². The van der Waals surface area contributed by atoms with Crippen molar-refractivity contribution in [3.05, 3.63) is 121 Å². The van der Waals surface area contributed by atoms with E-state index in [1.165, 1.54) is 10.8 Å². The standard InChI is InChI=1S/C35H23O3P/c1-36-30-20-10-11-21-31(30)39-37-34-28-18-8-4-14-24(28)22-12-2-6-16-26(22)32(34)33-27-17-7-3-13-23(27)25-15-5-9-19-29(25)35(33)38-39/h2-21H,1H3. The first-order valence-corrected chi connectivity index (χ1v) is 14.2. The van der Waals surface area contributed by atoms with Crippen molar-refractivity contribution < 1.29 is 13.1 Å². The van der Waals surface area contributed by atoms with Gasteiger partial charge in [0.05, 0.1) is 7.11 Å². The number of rotatable bonds is 2. The quantitative estimate of drug-likeness (QED) is 0.212. The molecule has 186 valence electrons. The first-order valence-electron chi connectivity index (χ1n) is 13.0. The van der Waals surface area contributed by atoms with Crippen LogP contribution < -0.4 is 4.74 Å². The molecule has 0 aliphatic carbocycles. The van der Waals surface area contributed by atoms with E-state index in [-0.39, 0.29) is 0 Å². The van der Waals surface area contributed by atoms with E-state index in [9.17, 15) is 0 Å². The molecule has 7 aromatic carbocycles. The molecule has 0 radical (unpaired) electrons. The van der Waals surface area contributed by atoms with Crippen LogP contribution in [0.4, 0.5) is 0 Å². The van der Waals surface area contributed by atoms with Crippen LogP contribution in [0.5, 0.6) is 5.75 Å². The Labute approximate surface area is 225 Å². The van der Waals surface area contributed by atoms with Crippen LogP contribution in [0.25, 0.3) is 70.3 Å². The van der Waals surface area contributed by atoms with Crippen LogP contribution in [0.3, 0.4) is 0 Å². The van der Waals surface area contributed by atoms with Crippen LogP contribution in [-0.4, -0.2) is 7.11 Å². The fraction of sp³-hybridized carbons (Fsp3) is 0.0286. The highest BCUT2D eigenvalue weighted by atomic mass is 31.1. The summed E-state index contributed by atoms with van der Waals surface area (Å²) in [6.45, 7) is 0. The van der Waals surface area contributed by atoms with Gasteiger partial charge in [0, 0.05) is 21.5 Å². The summed E-state index contributed by atoms with van der Waals surface area (Å²) in [5, 5.41) is 12.2. The second-order valence-corrected chi connectivity index (χ2v) is 11.1. The van der Waals surface area contributed by atoms with E-state index in [2.05, 4.69) is 97.1 Å². The number of para-hydroxylation sites is 1. The van der Waals surface area contributed by atoms with Gasteiger partial charge in [-0.15, -0.1) is 0 Å². The van der Waals surface area contributed by atoms with Gasteiger partial charge in [0.1, 0.15) is 11.1 Å². The smallest absolute Gasteiger partial charge is 0.256 e. The maximum Gasteiger partial charge on any atom is 0.256 e. The molecule has 0 fully saturated rings. The molecule has 0 amide bonds. The lowest BCUT2D eigenvalue weighted by Crippen LogP contribution is -1.85. The predicted octanol–water partition coefficient (Wildman–Crippen LogP) is 10.9.